The molecule has 3 rings (SSSR count). The fourth-order valence-corrected chi connectivity index (χ4v) is 3.11. The predicted molar refractivity (Wildman–Crippen MR) is 99.9 cm³/mol. The Kier molecular flexibility index (Phi) is 5.13. The summed E-state index contributed by atoms with van der Waals surface area (Å²) in [4.78, 5) is 43.5. The summed E-state index contributed by atoms with van der Waals surface area (Å²) in [5.41, 5.74) is 1.90. The highest BCUT2D eigenvalue weighted by atomic mass is 79.9. The van der Waals surface area contributed by atoms with Crippen LogP contribution in [0.15, 0.2) is 33.7 Å². The fraction of sp³-hybridized carbons (Fsp3) is 0.222. The fourth-order valence-electron chi connectivity index (χ4n) is 2.77. The van der Waals surface area contributed by atoms with Crippen molar-refractivity contribution in [3.05, 3.63) is 67.4 Å². The third kappa shape index (κ3) is 3.63. The van der Waals surface area contributed by atoms with Crippen molar-refractivity contribution in [2.45, 2.75) is 20.5 Å². The normalized spacial score (nSPS) is 10.8. The first kappa shape index (κ1) is 18.8. The molecule has 0 aliphatic heterocycles. The highest BCUT2D eigenvalue weighted by molar-refractivity contribution is 9.10. The number of rotatable bonds is 4. The second-order valence-electron chi connectivity index (χ2n) is 5.85. The second-order valence-corrected chi connectivity index (χ2v) is 6.77. The SMILES string of the molecule is COC(=O)c1c(C)[nH]c(C(=O)OCc2cc(=O)n3cc(Br)ccc3n2)c1C. The van der Waals surface area contributed by atoms with E-state index in [0.717, 1.165) is 4.47 Å². The van der Waals surface area contributed by atoms with Gasteiger partial charge in [0.25, 0.3) is 5.56 Å². The molecule has 27 heavy (non-hydrogen) atoms. The second kappa shape index (κ2) is 7.36. The number of aromatic amines is 1. The quantitative estimate of drug-likeness (QED) is 0.634. The summed E-state index contributed by atoms with van der Waals surface area (Å²) in [7, 11) is 1.27. The van der Waals surface area contributed by atoms with E-state index in [1.54, 1.807) is 32.2 Å². The lowest BCUT2D eigenvalue weighted by Crippen LogP contribution is -2.17. The minimum absolute atomic E-state index is 0.161. The summed E-state index contributed by atoms with van der Waals surface area (Å²) in [6.07, 6.45) is 1.61. The Hall–Kier alpha value is -2.94. The summed E-state index contributed by atoms with van der Waals surface area (Å²) in [6, 6.07) is 4.74. The number of carbonyl (C=O) groups is 2. The molecule has 0 bridgehead atoms. The van der Waals surface area contributed by atoms with Gasteiger partial charge in [0.05, 0.1) is 18.4 Å². The number of hydrogen-bond acceptors (Lipinski definition) is 6. The van der Waals surface area contributed by atoms with Gasteiger partial charge in [-0.25, -0.2) is 14.6 Å². The van der Waals surface area contributed by atoms with Crippen molar-refractivity contribution in [2.24, 2.45) is 0 Å². The van der Waals surface area contributed by atoms with Crippen LogP contribution in [0.25, 0.3) is 5.65 Å². The summed E-state index contributed by atoms with van der Waals surface area (Å²) < 4.78 is 12.1. The van der Waals surface area contributed by atoms with Crippen LogP contribution in [0, 0.1) is 13.8 Å². The topological polar surface area (TPSA) is 103 Å². The average Bonchev–Trinajstić information content (AvgIpc) is 2.94. The van der Waals surface area contributed by atoms with Gasteiger partial charge in [-0.05, 0) is 47.5 Å². The Balaban J connectivity index is 1.82. The molecular formula is C18H16BrN3O5. The summed E-state index contributed by atoms with van der Waals surface area (Å²) in [6.45, 7) is 3.12. The summed E-state index contributed by atoms with van der Waals surface area (Å²) >= 11 is 3.30. The average molecular weight is 434 g/mol. The van der Waals surface area contributed by atoms with Crippen LogP contribution < -0.4 is 5.56 Å². The Morgan fingerprint density at radius 2 is 2.00 bits per heavy atom. The molecule has 140 valence electrons. The molecule has 0 aromatic carbocycles. The maximum Gasteiger partial charge on any atom is 0.355 e. The predicted octanol–water partition coefficient (Wildman–Crippen LogP) is 2.55. The maximum atomic E-state index is 12.4. The van der Waals surface area contributed by atoms with Crippen LogP contribution in [0.5, 0.6) is 0 Å². The first-order chi connectivity index (χ1) is 12.8. The number of nitrogens with zero attached hydrogens (tertiary/aromatic N) is 2. The molecule has 0 fully saturated rings. The van der Waals surface area contributed by atoms with Gasteiger partial charge in [0.2, 0.25) is 0 Å². The lowest BCUT2D eigenvalue weighted by atomic mass is 10.1. The van der Waals surface area contributed by atoms with Gasteiger partial charge >= 0.3 is 11.9 Å². The standard InChI is InChI=1S/C18H16BrN3O5/c1-9-15(17(24)26-3)10(2)20-16(9)18(25)27-8-12-6-14(23)22-7-11(19)4-5-13(22)21-12/h4-7,20H,8H2,1-3H3. The van der Waals surface area contributed by atoms with E-state index in [1.165, 1.54) is 17.6 Å². The number of aromatic nitrogens is 3. The molecule has 0 radical (unpaired) electrons. The minimum Gasteiger partial charge on any atom is -0.465 e. The number of H-pyrrole nitrogens is 1. The van der Waals surface area contributed by atoms with Crippen LogP contribution in [0.3, 0.4) is 0 Å². The first-order valence-corrected chi connectivity index (χ1v) is 8.73. The molecule has 0 spiro atoms. The lowest BCUT2D eigenvalue weighted by molar-refractivity contribution is 0.0460. The molecule has 8 nitrogen and oxygen atoms in total. The molecule has 0 unspecified atom stereocenters. The molecule has 0 saturated heterocycles. The number of pyridine rings is 1. The molecule has 1 N–H and O–H groups in total. The van der Waals surface area contributed by atoms with Crippen molar-refractivity contribution in [3.63, 3.8) is 0 Å². The van der Waals surface area contributed by atoms with Crippen molar-refractivity contribution < 1.29 is 19.1 Å². The van der Waals surface area contributed by atoms with Gasteiger partial charge in [-0.15, -0.1) is 0 Å². The first-order valence-electron chi connectivity index (χ1n) is 7.94. The molecule has 3 aromatic heterocycles. The van der Waals surface area contributed by atoms with Crippen molar-refractivity contribution >= 4 is 33.5 Å². The molecule has 3 heterocycles. The molecule has 0 saturated carbocycles. The largest absolute Gasteiger partial charge is 0.465 e. The zero-order valence-electron chi connectivity index (χ0n) is 14.8. The third-order valence-corrected chi connectivity index (χ3v) is 4.53. The summed E-state index contributed by atoms with van der Waals surface area (Å²) in [5.74, 6) is -1.18. The number of ether oxygens (including phenoxy) is 2. The molecule has 3 aromatic rings. The van der Waals surface area contributed by atoms with Crippen LogP contribution in [0.2, 0.25) is 0 Å². The van der Waals surface area contributed by atoms with Gasteiger partial charge in [-0.3, -0.25) is 9.20 Å². The van der Waals surface area contributed by atoms with Gasteiger partial charge in [-0.1, -0.05) is 0 Å². The van der Waals surface area contributed by atoms with Gasteiger partial charge in [0, 0.05) is 22.4 Å². The van der Waals surface area contributed by atoms with Crippen molar-refractivity contribution in [1.82, 2.24) is 14.4 Å². The smallest absolute Gasteiger partial charge is 0.355 e. The van der Waals surface area contributed by atoms with Gasteiger partial charge < -0.3 is 14.5 Å². The van der Waals surface area contributed by atoms with Crippen LogP contribution in [0.4, 0.5) is 0 Å². The molecule has 0 aliphatic carbocycles. The highest BCUT2D eigenvalue weighted by Gasteiger charge is 2.23. The van der Waals surface area contributed by atoms with E-state index in [2.05, 4.69) is 25.9 Å². The molecule has 0 atom stereocenters. The van der Waals surface area contributed by atoms with Crippen molar-refractivity contribution in [3.8, 4) is 0 Å². The van der Waals surface area contributed by atoms with Crippen molar-refractivity contribution in [2.75, 3.05) is 7.11 Å². The number of hydrogen-bond donors (Lipinski definition) is 1. The van der Waals surface area contributed by atoms with Crippen LogP contribution in [-0.2, 0) is 16.1 Å². The Morgan fingerprint density at radius 3 is 2.70 bits per heavy atom. The Labute approximate surface area is 162 Å². The van der Waals surface area contributed by atoms with Crippen LogP contribution in [0.1, 0.15) is 37.8 Å². The molecular weight excluding hydrogens is 418 g/mol. The number of fused-ring (bicyclic) bond motifs is 1. The van der Waals surface area contributed by atoms with E-state index in [4.69, 9.17) is 9.47 Å². The number of nitrogens with one attached hydrogen (secondary N) is 1. The van der Waals surface area contributed by atoms with E-state index in [0.29, 0.717) is 28.2 Å². The minimum atomic E-state index is -0.649. The van der Waals surface area contributed by atoms with E-state index in [1.807, 2.05) is 0 Å². The Bertz CT molecular complexity index is 1120. The molecule has 9 heteroatoms. The van der Waals surface area contributed by atoms with Crippen molar-refractivity contribution in [1.29, 1.82) is 0 Å². The maximum absolute atomic E-state index is 12.4. The number of methoxy groups -OCH3 is 1. The van der Waals surface area contributed by atoms with Gasteiger partial charge in [0.15, 0.2) is 0 Å². The lowest BCUT2D eigenvalue weighted by Gasteiger charge is -2.06. The van der Waals surface area contributed by atoms with Gasteiger partial charge in [0.1, 0.15) is 17.9 Å². The molecule has 0 aliphatic rings. The Morgan fingerprint density at radius 1 is 1.26 bits per heavy atom. The van der Waals surface area contributed by atoms with Gasteiger partial charge in [-0.2, -0.15) is 0 Å². The summed E-state index contributed by atoms with van der Waals surface area (Å²) in [5, 5.41) is 0. The zero-order valence-corrected chi connectivity index (χ0v) is 16.4. The van der Waals surface area contributed by atoms with Crippen LogP contribution >= 0.6 is 15.9 Å². The number of halogens is 1. The number of carbonyl (C=O) groups excluding carboxylic acids is 2. The van der Waals surface area contributed by atoms with Crippen LogP contribution in [-0.4, -0.2) is 33.4 Å². The van der Waals surface area contributed by atoms with E-state index in [9.17, 15) is 14.4 Å². The zero-order chi connectivity index (χ0) is 19.7. The third-order valence-electron chi connectivity index (χ3n) is 4.06. The highest BCUT2D eigenvalue weighted by Crippen LogP contribution is 2.20. The van der Waals surface area contributed by atoms with E-state index < -0.39 is 11.9 Å². The monoisotopic (exact) mass is 433 g/mol. The molecule has 0 amide bonds. The van der Waals surface area contributed by atoms with E-state index in [-0.39, 0.29) is 17.9 Å². The number of esters is 2. The number of aryl methyl sites for hydroxylation is 1. The van der Waals surface area contributed by atoms with E-state index >= 15 is 0 Å².